The summed E-state index contributed by atoms with van der Waals surface area (Å²) in [4.78, 5) is 23.9. The van der Waals surface area contributed by atoms with Crippen LogP contribution in [0.4, 0.5) is 10.3 Å². The highest BCUT2D eigenvalue weighted by atomic mass is 35.5. The van der Waals surface area contributed by atoms with Crippen LogP contribution in [0.3, 0.4) is 0 Å². The molecule has 3 heterocycles. The first-order chi connectivity index (χ1) is 19.9. The van der Waals surface area contributed by atoms with Crippen LogP contribution < -0.4 is 10.2 Å². The number of carbonyl (C=O) groups excluding carboxylic acids is 1. The molecule has 9 heteroatoms. The Morgan fingerprint density at radius 3 is 2.56 bits per heavy atom. The van der Waals surface area contributed by atoms with Crippen molar-refractivity contribution in [1.29, 1.82) is 0 Å². The maximum absolute atomic E-state index is 14.0. The van der Waals surface area contributed by atoms with Gasteiger partial charge in [0.1, 0.15) is 5.82 Å². The third-order valence-corrected chi connectivity index (χ3v) is 8.79. The highest BCUT2D eigenvalue weighted by Crippen LogP contribution is 2.43. The summed E-state index contributed by atoms with van der Waals surface area (Å²) >= 11 is 13.0. The minimum atomic E-state index is -0.440. The lowest BCUT2D eigenvalue weighted by Crippen LogP contribution is -2.44. The topological polar surface area (TPSA) is 53.4 Å². The van der Waals surface area contributed by atoms with Gasteiger partial charge in [-0.2, -0.15) is 0 Å². The summed E-state index contributed by atoms with van der Waals surface area (Å²) in [5, 5.41) is 4.12. The Morgan fingerprint density at radius 1 is 1.05 bits per heavy atom. The number of ketones is 1. The smallest absolute Gasteiger partial charge is 0.206 e. The van der Waals surface area contributed by atoms with Crippen LogP contribution in [0.5, 0.6) is 0 Å². The van der Waals surface area contributed by atoms with Gasteiger partial charge in [-0.25, -0.2) is 9.37 Å². The Kier molecular flexibility index (Phi) is 8.31. The van der Waals surface area contributed by atoms with Crippen molar-refractivity contribution in [2.24, 2.45) is 5.92 Å². The quantitative estimate of drug-likeness (QED) is 0.233. The number of Topliss-reactive ketones (excluding diaryl/α,β-unsaturated/α-hetero) is 1. The van der Waals surface area contributed by atoms with Crippen molar-refractivity contribution in [3.8, 4) is 0 Å². The van der Waals surface area contributed by atoms with Gasteiger partial charge in [-0.1, -0.05) is 66.5 Å². The van der Waals surface area contributed by atoms with Crippen LogP contribution in [0.2, 0.25) is 10.0 Å². The van der Waals surface area contributed by atoms with E-state index in [-0.39, 0.29) is 22.8 Å². The lowest BCUT2D eigenvalue weighted by molar-refractivity contribution is 0.0882. The molecule has 0 saturated carbocycles. The van der Waals surface area contributed by atoms with Crippen LogP contribution in [-0.4, -0.2) is 59.5 Å². The number of nitrogens with one attached hydrogen (secondary N) is 1. The predicted octanol–water partition coefficient (Wildman–Crippen LogP) is 6.60. The number of hydrogen-bond acceptors (Lipinski definition) is 5. The van der Waals surface area contributed by atoms with E-state index in [1.807, 2.05) is 42.5 Å². The summed E-state index contributed by atoms with van der Waals surface area (Å²) < 4.78 is 16.1. The lowest BCUT2D eigenvalue weighted by Gasteiger charge is -2.29. The second-order valence-corrected chi connectivity index (χ2v) is 11.8. The molecule has 2 aliphatic rings. The Balaban J connectivity index is 1.50. The normalized spacial score (nSPS) is 19.8. The van der Waals surface area contributed by atoms with Crippen molar-refractivity contribution in [1.82, 2.24) is 19.8 Å². The minimum absolute atomic E-state index is 0.0952. The van der Waals surface area contributed by atoms with Gasteiger partial charge in [0.25, 0.3) is 0 Å². The molecule has 0 radical (unpaired) electrons. The first-order valence-electron chi connectivity index (χ1n) is 14.4. The monoisotopic (exact) mass is 593 g/mol. The second kappa shape index (κ2) is 12.1. The zero-order chi connectivity index (χ0) is 28.5. The molecule has 1 aromatic heterocycles. The Hall–Kier alpha value is -2.97. The molecular formula is C32H34Cl2FN5O. The molecule has 2 fully saturated rings. The fraction of sp³-hybridized carbons (Fsp3) is 0.375. The van der Waals surface area contributed by atoms with Crippen molar-refractivity contribution in [3.63, 3.8) is 0 Å². The Bertz CT molecular complexity index is 1550. The molecule has 6 nitrogen and oxygen atoms in total. The van der Waals surface area contributed by atoms with Gasteiger partial charge < -0.3 is 14.8 Å². The third-order valence-electron chi connectivity index (χ3n) is 8.28. The van der Waals surface area contributed by atoms with Crippen LogP contribution in [0, 0.1) is 11.7 Å². The van der Waals surface area contributed by atoms with Gasteiger partial charge in [-0.05, 0) is 61.3 Å². The lowest BCUT2D eigenvalue weighted by atomic mass is 9.86. The number of likely N-dealkylation sites (tertiary alicyclic amines) is 1. The van der Waals surface area contributed by atoms with E-state index in [2.05, 4.69) is 26.6 Å². The number of hydrogen-bond donors (Lipinski definition) is 1. The molecule has 1 N–H and O–H groups in total. The van der Waals surface area contributed by atoms with E-state index in [0.717, 1.165) is 85.8 Å². The zero-order valence-corrected chi connectivity index (χ0v) is 24.6. The zero-order valence-electron chi connectivity index (χ0n) is 23.1. The van der Waals surface area contributed by atoms with Crippen LogP contribution in [0.15, 0.2) is 60.7 Å². The summed E-state index contributed by atoms with van der Waals surface area (Å²) in [6.45, 7) is 7.72. The van der Waals surface area contributed by atoms with Gasteiger partial charge in [-0.3, -0.25) is 9.69 Å². The van der Waals surface area contributed by atoms with Crippen LogP contribution in [0.25, 0.3) is 11.0 Å². The molecule has 6 rings (SSSR count). The van der Waals surface area contributed by atoms with Gasteiger partial charge in [0, 0.05) is 48.7 Å². The Morgan fingerprint density at radius 2 is 1.83 bits per heavy atom. The molecule has 214 valence electrons. The number of nitrogens with zero attached hydrogens (tertiary/aromatic N) is 4. The number of imidazole rings is 1. The summed E-state index contributed by atoms with van der Waals surface area (Å²) in [5.41, 5.74) is 4.35. The maximum atomic E-state index is 14.0. The van der Waals surface area contributed by atoms with Crippen LogP contribution >= 0.6 is 23.2 Å². The van der Waals surface area contributed by atoms with E-state index < -0.39 is 5.82 Å². The number of anilines is 1. The molecule has 0 amide bonds. The summed E-state index contributed by atoms with van der Waals surface area (Å²) in [6.07, 6.45) is 1.77. The van der Waals surface area contributed by atoms with Crippen molar-refractivity contribution >= 4 is 46.0 Å². The fourth-order valence-corrected chi connectivity index (χ4v) is 6.83. The third kappa shape index (κ3) is 5.61. The van der Waals surface area contributed by atoms with Gasteiger partial charge in [-0.15, -0.1) is 0 Å². The van der Waals surface area contributed by atoms with Crippen molar-refractivity contribution in [2.45, 2.75) is 32.4 Å². The average Bonchev–Trinajstić information content (AvgIpc) is 3.57. The molecule has 0 spiro atoms. The molecule has 2 atom stereocenters. The molecule has 3 aromatic carbocycles. The van der Waals surface area contributed by atoms with E-state index in [1.165, 1.54) is 6.07 Å². The number of aromatic nitrogens is 2. The van der Waals surface area contributed by atoms with Crippen molar-refractivity contribution in [3.05, 3.63) is 93.2 Å². The Labute approximate surface area is 250 Å². The highest BCUT2D eigenvalue weighted by Gasteiger charge is 2.41. The van der Waals surface area contributed by atoms with Gasteiger partial charge in [0.05, 0.1) is 22.6 Å². The molecular weight excluding hydrogens is 560 g/mol. The standard InChI is InChI=1S/C32H34Cl2FN5O/c1-2-13-38-14-10-24(31(41)22-6-4-3-5-7-22)30(38)25-18-23(33)19-28-29(25)37-32(39-15-11-36-12-16-39)40(28)20-21-8-9-27(35)26(34)17-21/h3-9,17-19,24,30,36H,2,10-16,20H2,1H3/t24-,30-/m1/s1. The average molecular weight is 595 g/mol. The molecule has 0 aliphatic carbocycles. The highest BCUT2D eigenvalue weighted by molar-refractivity contribution is 6.31. The molecule has 0 bridgehead atoms. The summed E-state index contributed by atoms with van der Waals surface area (Å²) in [6, 6.07) is 18.2. The van der Waals surface area contributed by atoms with E-state index in [9.17, 15) is 9.18 Å². The molecule has 4 aromatic rings. The van der Waals surface area contributed by atoms with Crippen molar-refractivity contribution < 1.29 is 9.18 Å². The summed E-state index contributed by atoms with van der Waals surface area (Å²) in [7, 11) is 0. The molecule has 41 heavy (non-hydrogen) atoms. The molecule has 2 aliphatic heterocycles. The summed E-state index contributed by atoms with van der Waals surface area (Å²) in [5.74, 6) is 0.362. The van der Waals surface area contributed by atoms with Crippen LogP contribution in [0.1, 0.15) is 47.3 Å². The predicted molar refractivity (Wildman–Crippen MR) is 164 cm³/mol. The first-order valence-corrected chi connectivity index (χ1v) is 15.1. The number of benzene rings is 3. The van der Waals surface area contributed by atoms with E-state index in [1.54, 1.807) is 12.1 Å². The van der Waals surface area contributed by atoms with E-state index in [0.29, 0.717) is 11.6 Å². The van der Waals surface area contributed by atoms with Gasteiger partial charge in [0.15, 0.2) is 5.78 Å². The number of carbonyl (C=O) groups is 1. The van der Waals surface area contributed by atoms with Gasteiger partial charge >= 0.3 is 0 Å². The first kappa shape index (κ1) is 28.2. The largest absolute Gasteiger partial charge is 0.340 e. The number of halogens is 3. The van der Waals surface area contributed by atoms with Gasteiger partial charge in [0.2, 0.25) is 5.95 Å². The SMILES string of the molecule is CCCN1CC[C@@H](C(=O)c2ccccc2)[C@@H]1c1cc(Cl)cc2c1nc(N1CCNCC1)n2Cc1ccc(F)c(Cl)c1. The number of fused-ring (bicyclic) bond motifs is 1. The number of piperazine rings is 1. The number of rotatable bonds is 8. The van der Waals surface area contributed by atoms with Crippen molar-refractivity contribution in [2.75, 3.05) is 44.2 Å². The minimum Gasteiger partial charge on any atom is -0.340 e. The molecule has 2 saturated heterocycles. The molecule has 0 unspecified atom stereocenters. The van der Waals surface area contributed by atoms with Crippen LogP contribution in [-0.2, 0) is 6.54 Å². The maximum Gasteiger partial charge on any atom is 0.206 e. The second-order valence-electron chi connectivity index (χ2n) is 11.0. The van der Waals surface area contributed by atoms with E-state index in [4.69, 9.17) is 28.2 Å². The fourth-order valence-electron chi connectivity index (χ4n) is 6.41. The van der Waals surface area contributed by atoms with E-state index >= 15 is 0 Å².